The number of nitrogens with one attached hydrogen (secondary N) is 1. The molecular weight excluding hydrogens is 324 g/mol. The van der Waals surface area contributed by atoms with E-state index in [0.717, 1.165) is 11.1 Å². The number of nitro groups is 1. The van der Waals surface area contributed by atoms with Crippen molar-refractivity contribution in [3.8, 4) is 0 Å². The van der Waals surface area contributed by atoms with Crippen LogP contribution in [-0.2, 0) is 11.2 Å². The van der Waals surface area contributed by atoms with Crippen molar-refractivity contribution in [2.75, 3.05) is 11.9 Å². The van der Waals surface area contributed by atoms with E-state index in [0.29, 0.717) is 12.1 Å². The number of aliphatic hydroxyl groups is 1. The molecule has 1 aliphatic rings. The molecule has 7 heteroatoms. The summed E-state index contributed by atoms with van der Waals surface area (Å²) < 4.78 is 4.90. The van der Waals surface area contributed by atoms with Crippen molar-refractivity contribution in [1.82, 2.24) is 0 Å². The number of aliphatic hydroxyl groups excluding tert-OH is 1. The van der Waals surface area contributed by atoms with Crippen LogP contribution in [0.25, 0.3) is 0 Å². The molecule has 0 bridgehead atoms. The van der Waals surface area contributed by atoms with Gasteiger partial charge in [0, 0.05) is 18.2 Å². The number of nitro benzene ring substituents is 1. The second-order valence-electron chi connectivity index (χ2n) is 5.80. The molecule has 0 aromatic heterocycles. The molecular formula is C18H18N2O5. The number of benzene rings is 2. The zero-order chi connectivity index (χ0) is 18.0. The molecule has 0 fully saturated rings. The predicted octanol–water partition coefficient (Wildman–Crippen LogP) is 2.84. The highest BCUT2D eigenvalue weighted by Gasteiger charge is 2.31. The van der Waals surface area contributed by atoms with E-state index in [2.05, 4.69) is 5.32 Å². The van der Waals surface area contributed by atoms with E-state index in [1.807, 2.05) is 24.3 Å². The van der Waals surface area contributed by atoms with Crippen molar-refractivity contribution in [2.45, 2.75) is 25.5 Å². The molecule has 130 valence electrons. The van der Waals surface area contributed by atoms with Gasteiger partial charge < -0.3 is 15.2 Å². The van der Waals surface area contributed by atoms with Gasteiger partial charge in [0.25, 0.3) is 5.69 Å². The lowest BCUT2D eigenvalue weighted by atomic mass is 10.1. The van der Waals surface area contributed by atoms with Gasteiger partial charge in [0.2, 0.25) is 0 Å². The van der Waals surface area contributed by atoms with Crippen molar-refractivity contribution >= 4 is 17.3 Å². The lowest BCUT2D eigenvalue weighted by Crippen LogP contribution is -2.21. The Bertz CT molecular complexity index is 821. The first-order chi connectivity index (χ1) is 12.0. The summed E-state index contributed by atoms with van der Waals surface area (Å²) in [6, 6.07) is 11.5. The van der Waals surface area contributed by atoms with E-state index in [1.165, 1.54) is 18.2 Å². The van der Waals surface area contributed by atoms with Crippen molar-refractivity contribution < 1.29 is 19.6 Å². The Morgan fingerprint density at radius 3 is 2.84 bits per heavy atom. The molecule has 3 rings (SSSR count). The zero-order valence-corrected chi connectivity index (χ0v) is 13.6. The third kappa shape index (κ3) is 3.32. The zero-order valence-electron chi connectivity index (χ0n) is 13.6. The molecule has 0 unspecified atom stereocenters. The normalized spacial score (nSPS) is 18.5. The predicted molar refractivity (Wildman–Crippen MR) is 91.6 cm³/mol. The van der Waals surface area contributed by atoms with Gasteiger partial charge in [-0.15, -0.1) is 0 Å². The maximum Gasteiger partial charge on any atom is 0.345 e. The largest absolute Gasteiger partial charge is 0.462 e. The van der Waals surface area contributed by atoms with Crippen LogP contribution in [0.15, 0.2) is 42.5 Å². The number of hydrogen-bond donors (Lipinski definition) is 2. The topological polar surface area (TPSA) is 102 Å². The smallest absolute Gasteiger partial charge is 0.345 e. The van der Waals surface area contributed by atoms with E-state index < -0.39 is 17.0 Å². The molecule has 0 saturated heterocycles. The quantitative estimate of drug-likeness (QED) is 0.492. The number of hydrogen-bond acceptors (Lipinski definition) is 6. The van der Waals surface area contributed by atoms with Gasteiger partial charge in [-0.25, -0.2) is 4.79 Å². The first-order valence-corrected chi connectivity index (χ1v) is 7.99. The molecule has 1 aliphatic carbocycles. The molecule has 2 aromatic rings. The fraction of sp³-hybridized carbons (Fsp3) is 0.278. The van der Waals surface area contributed by atoms with E-state index in [1.54, 1.807) is 6.92 Å². The van der Waals surface area contributed by atoms with Gasteiger partial charge in [0.1, 0.15) is 5.56 Å². The number of ether oxygens (including phenoxy) is 1. The van der Waals surface area contributed by atoms with Crippen molar-refractivity contribution in [3.63, 3.8) is 0 Å². The molecule has 7 nitrogen and oxygen atoms in total. The van der Waals surface area contributed by atoms with E-state index in [4.69, 9.17) is 4.74 Å². The summed E-state index contributed by atoms with van der Waals surface area (Å²) in [6.45, 7) is 1.76. The first-order valence-electron chi connectivity index (χ1n) is 7.99. The number of esters is 1. The minimum atomic E-state index is -0.745. The lowest BCUT2D eigenvalue weighted by molar-refractivity contribution is -0.385. The average Bonchev–Trinajstić information content (AvgIpc) is 2.90. The molecule has 0 radical (unpaired) electrons. The van der Waals surface area contributed by atoms with Gasteiger partial charge in [-0.3, -0.25) is 10.1 Å². The van der Waals surface area contributed by atoms with E-state index in [-0.39, 0.29) is 23.9 Å². The highest BCUT2D eigenvalue weighted by atomic mass is 16.6. The summed E-state index contributed by atoms with van der Waals surface area (Å²) in [6.07, 6.45) is -0.0791. The van der Waals surface area contributed by atoms with Gasteiger partial charge in [-0.1, -0.05) is 24.3 Å². The second-order valence-corrected chi connectivity index (χ2v) is 5.80. The molecule has 0 saturated carbocycles. The molecule has 0 spiro atoms. The third-order valence-corrected chi connectivity index (χ3v) is 4.21. The summed E-state index contributed by atoms with van der Waals surface area (Å²) in [5.74, 6) is -0.745. The monoisotopic (exact) mass is 342 g/mol. The lowest BCUT2D eigenvalue weighted by Gasteiger charge is -2.19. The third-order valence-electron chi connectivity index (χ3n) is 4.21. The van der Waals surface area contributed by atoms with Crippen LogP contribution < -0.4 is 5.32 Å². The summed E-state index contributed by atoms with van der Waals surface area (Å²) in [4.78, 5) is 22.5. The second kappa shape index (κ2) is 6.90. The van der Waals surface area contributed by atoms with Gasteiger partial charge in [0.15, 0.2) is 0 Å². The van der Waals surface area contributed by atoms with Crippen LogP contribution in [-0.4, -0.2) is 28.7 Å². The standard InChI is InChI=1S/C18H18N2O5/c1-2-25-18(22)14-10-12(7-8-15(14)20(23)24)19-17-13-6-4-3-5-11(13)9-16(17)21/h3-8,10,16-17,19,21H,2,9H2,1H3/t16-,17+/m1/s1. The van der Waals surface area contributed by atoms with Gasteiger partial charge in [0.05, 0.1) is 23.7 Å². The Morgan fingerprint density at radius 1 is 1.36 bits per heavy atom. The molecule has 0 heterocycles. The fourth-order valence-electron chi connectivity index (χ4n) is 3.08. The van der Waals surface area contributed by atoms with Crippen LogP contribution >= 0.6 is 0 Å². The SMILES string of the molecule is CCOC(=O)c1cc(N[C@H]2c3ccccc3C[C@H]2O)ccc1[N+](=O)[O-]. The van der Waals surface area contributed by atoms with Gasteiger partial charge in [-0.2, -0.15) is 0 Å². The summed E-state index contributed by atoms with van der Waals surface area (Å²) in [5, 5.41) is 24.6. The van der Waals surface area contributed by atoms with Crippen LogP contribution in [0.4, 0.5) is 11.4 Å². The number of fused-ring (bicyclic) bond motifs is 1. The summed E-state index contributed by atoms with van der Waals surface area (Å²) in [7, 11) is 0. The van der Waals surface area contributed by atoms with E-state index >= 15 is 0 Å². The molecule has 25 heavy (non-hydrogen) atoms. The summed E-state index contributed by atoms with van der Waals surface area (Å²) in [5.41, 5.74) is 2.12. The molecule has 2 aromatic carbocycles. The molecule has 0 amide bonds. The minimum Gasteiger partial charge on any atom is -0.462 e. The van der Waals surface area contributed by atoms with Crippen LogP contribution in [0, 0.1) is 10.1 Å². The number of carbonyl (C=O) groups is 1. The maximum absolute atomic E-state index is 12.0. The average molecular weight is 342 g/mol. The van der Waals surface area contributed by atoms with Crippen LogP contribution in [0.1, 0.15) is 34.5 Å². The maximum atomic E-state index is 12.0. The first kappa shape index (κ1) is 16.9. The Morgan fingerprint density at radius 2 is 2.12 bits per heavy atom. The number of anilines is 1. The van der Waals surface area contributed by atoms with Gasteiger partial charge >= 0.3 is 5.97 Å². The minimum absolute atomic E-state index is 0.113. The van der Waals surface area contributed by atoms with Crippen molar-refractivity contribution in [3.05, 3.63) is 69.3 Å². The highest BCUT2D eigenvalue weighted by Crippen LogP contribution is 2.35. The van der Waals surface area contributed by atoms with Crippen LogP contribution in [0.3, 0.4) is 0 Å². The molecule has 2 atom stereocenters. The Hall–Kier alpha value is -2.93. The van der Waals surface area contributed by atoms with Gasteiger partial charge in [-0.05, 0) is 30.2 Å². The number of rotatable bonds is 5. The molecule has 2 N–H and O–H groups in total. The van der Waals surface area contributed by atoms with Crippen LogP contribution in [0.2, 0.25) is 0 Å². The van der Waals surface area contributed by atoms with E-state index in [9.17, 15) is 20.0 Å². The number of nitrogens with zero attached hydrogens (tertiary/aromatic N) is 1. The number of carbonyl (C=O) groups excluding carboxylic acids is 1. The highest BCUT2D eigenvalue weighted by molar-refractivity contribution is 5.95. The fourth-order valence-corrected chi connectivity index (χ4v) is 3.08. The van der Waals surface area contributed by atoms with Crippen molar-refractivity contribution in [2.24, 2.45) is 0 Å². The van der Waals surface area contributed by atoms with Crippen LogP contribution in [0.5, 0.6) is 0 Å². The Labute approximate surface area is 144 Å². The van der Waals surface area contributed by atoms with Crippen molar-refractivity contribution in [1.29, 1.82) is 0 Å². The molecule has 0 aliphatic heterocycles. The summed E-state index contributed by atoms with van der Waals surface area (Å²) >= 11 is 0. The Kier molecular flexibility index (Phi) is 4.67. The Balaban J connectivity index is 1.92.